The van der Waals surface area contributed by atoms with Crippen molar-refractivity contribution in [1.82, 2.24) is 4.98 Å². The van der Waals surface area contributed by atoms with Crippen LogP contribution in [0, 0.1) is 11.3 Å². The summed E-state index contributed by atoms with van der Waals surface area (Å²) in [6.07, 6.45) is 5.37. The van der Waals surface area contributed by atoms with Crippen LogP contribution >= 0.6 is 0 Å². The number of aromatic nitrogens is 1. The Morgan fingerprint density at radius 2 is 2.24 bits per heavy atom. The van der Waals surface area contributed by atoms with Crippen molar-refractivity contribution in [2.24, 2.45) is 0 Å². The van der Waals surface area contributed by atoms with Crippen molar-refractivity contribution in [2.75, 3.05) is 11.4 Å². The van der Waals surface area contributed by atoms with Gasteiger partial charge >= 0.3 is 5.97 Å². The SMILES string of the molecule is CC1(C(=O)O)CCCCN1c1nc2c(cc1C#N)CCC2. The van der Waals surface area contributed by atoms with Crippen molar-refractivity contribution in [2.45, 2.75) is 51.0 Å². The van der Waals surface area contributed by atoms with Gasteiger partial charge in [0.1, 0.15) is 17.4 Å². The van der Waals surface area contributed by atoms with Crippen LogP contribution in [0.4, 0.5) is 5.82 Å². The fourth-order valence-electron chi connectivity index (χ4n) is 3.43. The van der Waals surface area contributed by atoms with Gasteiger partial charge in [0.15, 0.2) is 0 Å². The molecule has 1 N–H and O–H groups in total. The number of piperidine rings is 1. The summed E-state index contributed by atoms with van der Waals surface area (Å²) in [7, 11) is 0. The molecule has 2 heterocycles. The van der Waals surface area contributed by atoms with Crippen LogP contribution in [-0.4, -0.2) is 28.1 Å². The van der Waals surface area contributed by atoms with Crippen LogP contribution < -0.4 is 4.90 Å². The van der Waals surface area contributed by atoms with Crippen molar-refractivity contribution in [3.05, 3.63) is 22.9 Å². The number of nitrogens with zero attached hydrogens (tertiary/aromatic N) is 3. The standard InChI is InChI=1S/C16H19N3O2/c1-16(15(20)21)7-2-3-8-19(16)14-12(10-17)9-11-5-4-6-13(11)18-14/h9H,2-8H2,1H3,(H,20,21). The summed E-state index contributed by atoms with van der Waals surface area (Å²) in [6, 6.07) is 4.11. The third-order valence-corrected chi connectivity index (χ3v) is 4.76. The Kier molecular flexibility index (Phi) is 3.32. The van der Waals surface area contributed by atoms with E-state index in [1.165, 1.54) is 0 Å². The highest BCUT2D eigenvalue weighted by atomic mass is 16.4. The predicted octanol–water partition coefficient (Wildman–Crippen LogP) is 2.28. The molecule has 1 saturated heterocycles. The van der Waals surface area contributed by atoms with Gasteiger partial charge in [-0.2, -0.15) is 5.26 Å². The van der Waals surface area contributed by atoms with Crippen LogP contribution in [-0.2, 0) is 17.6 Å². The van der Waals surface area contributed by atoms with Gasteiger partial charge in [0.25, 0.3) is 0 Å². The molecule has 1 aliphatic heterocycles. The van der Waals surface area contributed by atoms with Crippen molar-refractivity contribution >= 4 is 11.8 Å². The van der Waals surface area contributed by atoms with E-state index in [1.54, 1.807) is 6.92 Å². The monoisotopic (exact) mass is 285 g/mol. The van der Waals surface area contributed by atoms with E-state index in [0.717, 1.165) is 43.4 Å². The largest absolute Gasteiger partial charge is 0.480 e. The van der Waals surface area contributed by atoms with Gasteiger partial charge < -0.3 is 10.0 Å². The number of rotatable bonds is 2. The second-order valence-electron chi connectivity index (χ2n) is 6.12. The quantitative estimate of drug-likeness (QED) is 0.902. The molecule has 1 atom stereocenters. The van der Waals surface area contributed by atoms with E-state index in [-0.39, 0.29) is 0 Å². The maximum absolute atomic E-state index is 11.7. The third-order valence-electron chi connectivity index (χ3n) is 4.76. The average molecular weight is 285 g/mol. The molecule has 3 rings (SSSR count). The van der Waals surface area contributed by atoms with E-state index in [9.17, 15) is 15.2 Å². The summed E-state index contributed by atoms with van der Waals surface area (Å²) < 4.78 is 0. The average Bonchev–Trinajstić information content (AvgIpc) is 2.93. The van der Waals surface area contributed by atoms with E-state index in [0.29, 0.717) is 24.3 Å². The fourth-order valence-corrected chi connectivity index (χ4v) is 3.43. The molecule has 0 bridgehead atoms. The van der Waals surface area contributed by atoms with Gasteiger partial charge in [-0.1, -0.05) is 0 Å². The van der Waals surface area contributed by atoms with Gasteiger partial charge in [0, 0.05) is 12.2 Å². The highest BCUT2D eigenvalue weighted by molar-refractivity contribution is 5.83. The van der Waals surface area contributed by atoms with E-state index < -0.39 is 11.5 Å². The predicted molar refractivity (Wildman–Crippen MR) is 78.2 cm³/mol. The molecule has 1 aromatic rings. The van der Waals surface area contributed by atoms with Gasteiger partial charge in [-0.25, -0.2) is 9.78 Å². The van der Waals surface area contributed by atoms with Crippen molar-refractivity contribution in [1.29, 1.82) is 5.26 Å². The van der Waals surface area contributed by atoms with E-state index in [4.69, 9.17) is 0 Å². The highest BCUT2D eigenvalue weighted by Gasteiger charge is 2.43. The number of hydrogen-bond donors (Lipinski definition) is 1. The van der Waals surface area contributed by atoms with Gasteiger partial charge in [-0.15, -0.1) is 0 Å². The minimum absolute atomic E-state index is 0.505. The highest BCUT2D eigenvalue weighted by Crippen LogP contribution is 2.35. The zero-order chi connectivity index (χ0) is 15.0. The number of aliphatic carboxylic acids is 1. The Labute approximate surface area is 124 Å². The lowest BCUT2D eigenvalue weighted by molar-refractivity contribution is -0.143. The van der Waals surface area contributed by atoms with Crippen LogP contribution in [0.15, 0.2) is 6.07 Å². The van der Waals surface area contributed by atoms with Crippen LogP contribution in [0.5, 0.6) is 0 Å². The summed E-state index contributed by atoms with van der Waals surface area (Å²) >= 11 is 0. The summed E-state index contributed by atoms with van der Waals surface area (Å²) in [5.41, 5.74) is 1.71. The van der Waals surface area contributed by atoms with Gasteiger partial charge in [0.05, 0.1) is 5.56 Å². The number of carboxylic acid groups (broad SMARTS) is 1. The molecule has 5 nitrogen and oxygen atoms in total. The lowest BCUT2D eigenvalue weighted by Gasteiger charge is -2.42. The molecule has 5 heteroatoms. The molecule has 2 aliphatic rings. The number of carbonyl (C=O) groups is 1. The first kappa shape index (κ1) is 13.9. The third kappa shape index (κ3) is 2.15. The molecular formula is C16H19N3O2. The lowest BCUT2D eigenvalue weighted by atomic mass is 9.88. The Bertz CT molecular complexity index is 635. The number of anilines is 1. The Morgan fingerprint density at radius 1 is 1.43 bits per heavy atom. The molecule has 0 saturated carbocycles. The number of nitriles is 1. The number of pyridine rings is 1. The molecule has 0 spiro atoms. The summed E-state index contributed by atoms with van der Waals surface area (Å²) in [4.78, 5) is 18.2. The zero-order valence-electron chi connectivity index (χ0n) is 12.2. The first-order chi connectivity index (χ1) is 10.1. The Morgan fingerprint density at radius 3 is 2.95 bits per heavy atom. The molecule has 1 fully saturated rings. The van der Waals surface area contributed by atoms with Crippen LogP contribution in [0.2, 0.25) is 0 Å². The van der Waals surface area contributed by atoms with Crippen molar-refractivity contribution < 1.29 is 9.90 Å². The van der Waals surface area contributed by atoms with E-state index in [1.807, 2.05) is 11.0 Å². The molecular weight excluding hydrogens is 266 g/mol. The maximum atomic E-state index is 11.7. The van der Waals surface area contributed by atoms with Crippen LogP contribution in [0.25, 0.3) is 0 Å². The molecule has 1 aromatic heterocycles. The maximum Gasteiger partial charge on any atom is 0.329 e. The Hall–Kier alpha value is -2.09. The molecule has 1 unspecified atom stereocenters. The topological polar surface area (TPSA) is 77.2 Å². The summed E-state index contributed by atoms with van der Waals surface area (Å²) in [5.74, 6) is -0.281. The first-order valence-electron chi connectivity index (χ1n) is 7.50. The molecule has 0 radical (unpaired) electrons. The number of fused-ring (bicyclic) bond motifs is 1. The zero-order valence-corrected chi connectivity index (χ0v) is 12.2. The van der Waals surface area contributed by atoms with Crippen molar-refractivity contribution in [3.63, 3.8) is 0 Å². The van der Waals surface area contributed by atoms with E-state index in [2.05, 4.69) is 11.1 Å². The van der Waals surface area contributed by atoms with Gasteiger partial charge in [-0.3, -0.25) is 0 Å². The first-order valence-corrected chi connectivity index (χ1v) is 7.50. The second kappa shape index (κ2) is 5.03. The van der Waals surface area contributed by atoms with Crippen LogP contribution in [0.3, 0.4) is 0 Å². The molecule has 1 aliphatic carbocycles. The number of hydrogen-bond acceptors (Lipinski definition) is 4. The van der Waals surface area contributed by atoms with Crippen molar-refractivity contribution in [3.8, 4) is 6.07 Å². The minimum atomic E-state index is -0.969. The normalized spacial score (nSPS) is 24.5. The molecule has 110 valence electrons. The number of carboxylic acids is 1. The lowest BCUT2D eigenvalue weighted by Crippen LogP contribution is -2.56. The fraction of sp³-hybridized carbons (Fsp3) is 0.562. The number of aryl methyl sites for hydroxylation is 2. The van der Waals surface area contributed by atoms with Crippen LogP contribution in [0.1, 0.15) is 49.4 Å². The van der Waals surface area contributed by atoms with Gasteiger partial charge in [0.2, 0.25) is 0 Å². The van der Waals surface area contributed by atoms with Gasteiger partial charge in [-0.05, 0) is 57.1 Å². The molecule has 0 aromatic carbocycles. The van der Waals surface area contributed by atoms with E-state index >= 15 is 0 Å². The summed E-state index contributed by atoms with van der Waals surface area (Å²) in [5, 5.41) is 19.1. The molecule has 21 heavy (non-hydrogen) atoms. The minimum Gasteiger partial charge on any atom is -0.480 e. The smallest absolute Gasteiger partial charge is 0.329 e. The summed E-state index contributed by atoms with van der Waals surface area (Å²) in [6.45, 7) is 2.38. The molecule has 0 amide bonds. The second-order valence-corrected chi connectivity index (χ2v) is 6.12. The Balaban J connectivity index is 2.10.